The van der Waals surface area contributed by atoms with Gasteiger partial charge < -0.3 is 15.8 Å². The van der Waals surface area contributed by atoms with Crippen LogP contribution in [0.25, 0.3) is 0 Å². The molecule has 2 rings (SSSR count). The number of pyridine rings is 1. The van der Waals surface area contributed by atoms with Gasteiger partial charge in [0.15, 0.2) is 0 Å². The molecular weight excluding hydrogens is 286 g/mol. The number of nitrogens with one attached hydrogen (secondary N) is 1. The number of aryl methyl sites for hydroxylation is 1. The second-order valence-electron chi connectivity index (χ2n) is 4.45. The van der Waals surface area contributed by atoms with E-state index in [4.69, 9.17) is 10.5 Å². The van der Waals surface area contributed by atoms with Crippen LogP contribution in [0.5, 0.6) is 0 Å². The van der Waals surface area contributed by atoms with E-state index in [9.17, 15) is 4.79 Å². The molecule has 0 fully saturated rings. The van der Waals surface area contributed by atoms with Crippen molar-refractivity contribution in [1.82, 2.24) is 4.98 Å². The molecule has 0 amide bonds. The quantitative estimate of drug-likeness (QED) is 0.802. The van der Waals surface area contributed by atoms with Crippen molar-refractivity contribution >= 4 is 28.8 Å². The molecule has 0 atom stereocenters. The number of carbonyl (C=O) groups is 1. The van der Waals surface area contributed by atoms with Gasteiger partial charge in [0.2, 0.25) is 0 Å². The van der Waals surface area contributed by atoms with Crippen molar-refractivity contribution in [3.05, 3.63) is 39.7 Å². The highest BCUT2D eigenvalue weighted by Crippen LogP contribution is 2.20. The molecule has 2 aromatic heterocycles. The van der Waals surface area contributed by atoms with E-state index in [1.54, 1.807) is 24.3 Å². The molecule has 5 nitrogen and oxygen atoms in total. The van der Waals surface area contributed by atoms with Crippen LogP contribution in [0.4, 0.5) is 11.5 Å². The number of esters is 1. The van der Waals surface area contributed by atoms with E-state index < -0.39 is 5.97 Å². The zero-order valence-electron chi connectivity index (χ0n) is 12.2. The summed E-state index contributed by atoms with van der Waals surface area (Å²) < 4.78 is 4.98. The number of anilines is 2. The van der Waals surface area contributed by atoms with Crippen molar-refractivity contribution in [1.29, 1.82) is 0 Å². The highest BCUT2D eigenvalue weighted by Gasteiger charge is 2.12. The van der Waals surface area contributed by atoms with Crippen LogP contribution in [-0.4, -0.2) is 17.6 Å². The Bertz CT molecular complexity index is 625. The first-order valence-electron chi connectivity index (χ1n) is 6.87. The van der Waals surface area contributed by atoms with E-state index >= 15 is 0 Å². The minimum absolute atomic E-state index is 0.318. The smallest absolute Gasteiger partial charge is 0.340 e. The summed E-state index contributed by atoms with van der Waals surface area (Å²) in [6, 6.07) is 3.76. The summed E-state index contributed by atoms with van der Waals surface area (Å²) in [6.45, 7) is 4.89. The third-order valence-electron chi connectivity index (χ3n) is 3.08. The molecule has 21 heavy (non-hydrogen) atoms. The fourth-order valence-electron chi connectivity index (χ4n) is 1.96. The highest BCUT2D eigenvalue weighted by atomic mass is 32.1. The fourth-order valence-corrected chi connectivity index (χ4v) is 2.87. The first-order valence-corrected chi connectivity index (χ1v) is 7.75. The third kappa shape index (κ3) is 3.72. The molecule has 0 saturated heterocycles. The maximum atomic E-state index is 11.8. The summed E-state index contributed by atoms with van der Waals surface area (Å²) >= 11 is 1.71. The van der Waals surface area contributed by atoms with Gasteiger partial charge in [0.05, 0.1) is 30.6 Å². The Hall–Kier alpha value is -2.08. The Labute approximate surface area is 128 Å². The summed E-state index contributed by atoms with van der Waals surface area (Å²) in [6.07, 6.45) is 2.48. The number of aromatic nitrogens is 1. The topological polar surface area (TPSA) is 77.2 Å². The lowest BCUT2D eigenvalue weighted by atomic mass is 10.2. The number of carbonyl (C=O) groups excluding carboxylic acids is 1. The fraction of sp³-hybridized carbons (Fsp3) is 0.333. The second kappa shape index (κ2) is 7.08. The van der Waals surface area contributed by atoms with Gasteiger partial charge in [-0.25, -0.2) is 9.78 Å². The summed E-state index contributed by atoms with van der Waals surface area (Å²) in [7, 11) is 0. The molecule has 6 heteroatoms. The van der Waals surface area contributed by atoms with Crippen LogP contribution < -0.4 is 11.1 Å². The van der Waals surface area contributed by atoms with Crippen molar-refractivity contribution in [2.75, 3.05) is 17.7 Å². The first-order chi connectivity index (χ1) is 10.2. The standard InChI is InChI=1S/C15H19N3O2S/c1-3-10-5-6-21-13(10)9-18-14-7-11(12(16)8-17-14)15(19)20-4-2/h5-8H,3-4,9,16H2,1-2H3,(H,17,18). The number of hydrogen-bond donors (Lipinski definition) is 2. The number of nitrogens with two attached hydrogens (primary N) is 1. The predicted octanol–water partition coefficient (Wildman–Crippen LogP) is 3.08. The largest absolute Gasteiger partial charge is 0.462 e. The Morgan fingerprint density at radius 3 is 3.00 bits per heavy atom. The zero-order chi connectivity index (χ0) is 15.2. The lowest BCUT2D eigenvalue weighted by Gasteiger charge is -2.09. The molecular formula is C15H19N3O2S. The summed E-state index contributed by atoms with van der Waals surface area (Å²) in [5, 5.41) is 5.30. The van der Waals surface area contributed by atoms with Crippen molar-refractivity contribution in [2.24, 2.45) is 0 Å². The number of nitrogen functional groups attached to an aromatic ring is 1. The van der Waals surface area contributed by atoms with Crippen LogP contribution in [0, 0.1) is 0 Å². The van der Waals surface area contributed by atoms with Gasteiger partial charge in [-0.05, 0) is 36.4 Å². The van der Waals surface area contributed by atoms with Crippen LogP contribution in [0.15, 0.2) is 23.7 Å². The summed E-state index contributed by atoms with van der Waals surface area (Å²) in [5.74, 6) is 0.188. The SMILES string of the molecule is CCOC(=O)c1cc(NCc2sccc2CC)ncc1N. The van der Waals surface area contributed by atoms with Crippen LogP contribution in [0.1, 0.15) is 34.6 Å². The molecule has 0 aliphatic carbocycles. The van der Waals surface area contributed by atoms with Crippen LogP contribution >= 0.6 is 11.3 Å². The lowest BCUT2D eigenvalue weighted by molar-refractivity contribution is 0.0527. The van der Waals surface area contributed by atoms with E-state index in [0.717, 1.165) is 6.42 Å². The number of thiophene rings is 1. The van der Waals surface area contributed by atoms with Crippen LogP contribution in [-0.2, 0) is 17.7 Å². The molecule has 0 bridgehead atoms. The third-order valence-corrected chi connectivity index (χ3v) is 4.04. The molecule has 0 radical (unpaired) electrons. The Morgan fingerprint density at radius 2 is 2.29 bits per heavy atom. The molecule has 0 aliphatic rings. The van der Waals surface area contributed by atoms with Crippen molar-refractivity contribution in [3.8, 4) is 0 Å². The monoisotopic (exact) mass is 305 g/mol. The maximum absolute atomic E-state index is 11.8. The molecule has 2 heterocycles. The first kappa shape index (κ1) is 15.3. The van der Waals surface area contributed by atoms with Gasteiger partial charge in [-0.15, -0.1) is 11.3 Å². The molecule has 0 saturated carbocycles. The molecule has 112 valence electrons. The van der Waals surface area contributed by atoms with Gasteiger partial charge >= 0.3 is 5.97 Å². The Morgan fingerprint density at radius 1 is 1.48 bits per heavy atom. The summed E-state index contributed by atoms with van der Waals surface area (Å²) in [4.78, 5) is 17.3. The van der Waals surface area contributed by atoms with E-state index in [1.165, 1.54) is 16.6 Å². The summed E-state index contributed by atoms with van der Waals surface area (Å²) in [5.41, 5.74) is 7.76. The maximum Gasteiger partial charge on any atom is 0.340 e. The van der Waals surface area contributed by atoms with Gasteiger partial charge in [-0.2, -0.15) is 0 Å². The van der Waals surface area contributed by atoms with Crippen LogP contribution in [0.2, 0.25) is 0 Å². The van der Waals surface area contributed by atoms with E-state index in [-0.39, 0.29) is 0 Å². The van der Waals surface area contributed by atoms with E-state index in [1.807, 2.05) is 0 Å². The van der Waals surface area contributed by atoms with Crippen molar-refractivity contribution in [3.63, 3.8) is 0 Å². The van der Waals surface area contributed by atoms with E-state index in [0.29, 0.717) is 30.2 Å². The highest BCUT2D eigenvalue weighted by molar-refractivity contribution is 7.10. The number of hydrogen-bond acceptors (Lipinski definition) is 6. The predicted molar refractivity (Wildman–Crippen MR) is 85.6 cm³/mol. The number of rotatable bonds is 6. The molecule has 0 unspecified atom stereocenters. The second-order valence-corrected chi connectivity index (χ2v) is 5.45. The average Bonchev–Trinajstić information content (AvgIpc) is 2.94. The van der Waals surface area contributed by atoms with Gasteiger partial charge in [-0.3, -0.25) is 0 Å². The molecule has 0 aliphatic heterocycles. The Kier molecular flexibility index (Phi) is 5.16. The van der Waals surface area contributed by atoms with Crippen molar-refractivity contribution < 1.29 is 9.53 Å². The minimum Gasteiger partial charge on any atom is -0.462 e. The normalized spacial score (nSPS) is 10.4. The molecule has 3 N–H and O–H groups in total. The minimum atomic E-state index is -0.425. The van der Waals surface area contributed by atoms with Gasteiger partial charge in [0, 0.05) is 4.88 Å². The Balaban J connectivity index is 2.10. The van der Waals surface area contributed by atoms with Crippen LogP contribution in [0.3, 0.4) is 0 Å². The van der Waals surface area contributed by atoms with Gasteiger partial charge in [0.25, 0.3) is 0 Å². The van der Waals surface area contributed by atoms with Crippen molar-refractivity contribution in [2.45, 2.75) is 26.8 Å². The number of ether oxygens (including phenoxy) is 1. The van der Waals surface area contributed by atoms with Gasteiger partial charge in [-0.1, -0.05) is 6.92 Å². The number of nitrogens with zero attached hydrogens (tertiary/aromatic N) is 1. The molecule has 2 aromatic rings. The molecule has 0 spiro atoms. The van der Waals surface area contributed by atoms with Gasteiger partial charge in [0.1, 0.15) is 5.82 Å². The average molecular weight is 305 g/mol. The lowest BCUT2D eigenvalue weighted by Crippen LogP contribution is -2.10. The zero-order valence-corrected chi connectivity index (χ0v) is 13.0. The van der Waals surface area contributed by atoms with E-state index in [2.05, 4.69) is 28.7 Å². The molecule has 0 aromatic carbocycles.